The highest BCUT2D eigenvalue weighted by Crippen LogP contribution is 2.25. The lowest BCUT2D eigenvalue weighted by Gasteiger charge is -2.09. The van der Waals surface area contributed by atoms with Gasteiger partial charge in [0.1, 0.15) is 0 Å². The van der Waals surface area contributed by atoms with Crippen LogP contribution in [0.4, 0.5) is 11.4 Å². The Morgan fingerprint density at radius 1 is 1.17 bits per heavy atom. The summed E-state index contributed by atoms with van der Waals surface area (Å²) in [4.78, 5) is 10.7. The van der Waals surface area contributed by atoms with Crippen LogP contribution in [0.2, 0.25) is 5.02 Å². The Balaban J connectivity index is 2.21. The number of carbonyl (C=O) groups is 1. The molecule has 0 heterocycles. The number of hydrogen-bond acceptors (Lipinski definition) is 2. The number of halogens is 2. The summed E-state index contributed by atoms with van der Waals surface area (Å²) in [6.07, 6.45) is 0. The zero-order valence-electron chi connectivity index (χ0n) is 9.15. The summed E-state index contributed by atoms with van der Waals surface area (Å²) in [6.45, 7) is 0. The molecule has 0 bridgehead atoms. The molecule has 0 fully saturated rings. The fraction of sp³-hybridized carbons (Fsp3) is 0. The number of anilines is 2. The lowest BCUT2D eigenvalue weighted by molar-refractivity contribution is 0.0697. The standard InChI is InChI=1S/C13H9ClINO2/c14-9-3-6-12(11(15)7-9)16-10-4-1-8(2-5-10)13(17)18/h1-7,16H,(H,17,18). The minimum absolute atomic E-state index is 0.270. The normalized spacial score (nSPS) is 10.1. The van der Waals surface area contributed by atoms with E-state index in [1.54, 1.807) is 30.3 Å². The summed E-state index contributed by atoms with van der Waals surface area (Å²) in [5, 5.41) is 12.7. The van der Waals surface area contributed by atoms with E-state index in [0.29, 0.717) is 5.02 Å². The van der Waals surface area contributed by atoms with Gasteiger partial charge in [0.15, 0.2) is 0 Å². The largest absolute Gasteiger partial charge is 0.478 e. The van der Waals surface area contributed by atoms with Crippen molar-refractivity contribution < 1.29 is 9.90 Å². The van der Waals surface area contributed by atoms with Crippen molar-refractivity contribution in [2.45, 2.75) is 0 Å². The summed E-state index contributed by atoms with van der Waals surface area (Å²) in [5.41, 5.74) is 2.04. The third-order valence-corrected chi connectivity index (χ3v) is 3.47. The second kappa shape index (κ2) is 5.58. The van der Waals surface area contributed by atoms with Gasteiger partial charge < -0.3 is 10.4 Å². The van der Waals surface area contributed by atoms with E-state index < -0.39 is 5.97 Å². The molecular weight excluding hydrogens is 365 g/mol. The average Bonchev–Trinajstić information content (AvgIpc) is 2.33. The van der Waals surface area contributed by atoms with Crippen LogP contribution in [0.1, 0.15) is 10.4 Å². The molecule has 0 saturated heterocycles. The fourth-order valence-electron chi connectivity index (χ4n) is 1.44. The number of aromatic carboxylic acids is 1. The van der Waals surface area contributed by atoms with Crippen LogP contribution in [0.3, 0.4) is 0 Å². The molecule has 0 radical (unpaired) electrons. The topological polar surface area (TPSA) is 49.3 Å². The zero-order valence-corrected chi connectivity index (χ0v) is 12.1. The van der Waals surface area contributed by atoms with Crippen LogP contribution in [-0.4, -0.2) is 11.1 Å². The van der Waals surface area contributed by atoms with Crippen LogP contribution < -0.4 is 5.32 Å². The predicted octanol–water partition coefficient (Wildman–Crippen LogP) is 4.39. The molecule has 18 heavy (non-hydrogen) atoms. The molecule has 5 heteroatoms. The van der Waals surface area contributed by atoms with Crippen molar-refractivity contribution in [3.63, 3.8) is 0 Å². The Labute approximate surface area is 123 Å². The molecule has 0 atom stereocenters. The number of rotatable bonds is 3. The molecule has 2 N–H and O–H groups in total. The maximum absolute atomic E-state index is 10.7. The maximum Gasteiger partial charge on any atom is 0.335 e. The van der Waals surface area contributed by atoms with Gasteiger partial charge >= 0.3 is 5.97 Å². The minimum Gasteiger partial charge on any atom is -0.478 e. The van der Waals surface area contributed by atoms with Crippen molar-refractivity contribution in [2.75, 3.05) is 5.32 Å². The summed E-state index contributed by atoms with van der Waals surface area (Å²) < 4.78 is 1.00. The molecule has 0 saturated carbocycles. The molecule has 2 aromatic rings. The Morgan fingerprint density at radius 3 is 2.39 bits per heavy atom. The van der Waals surface area contributed by atoms with E-state index >= 15 is 0 Å². The van der Waals surface area contributed by atoms with Gasteiger partial charge in [-0.15, -0.1) is 0 Å². The number of benzene rings is 2. The second-order valence-corrected chi connectivity index (χ2v) is 5.23. The fourth-order valence-corrected chi connectivity index (χ4v) is 2.45. The first kappa shape index (κ1) is 13.2. The van der Waals surface area contributed by atoms with Crippen molar-refractivity contribution in [1.82, 2.24) is 0 Å². The molecule has 2 rings (SSSR count). The molecule has 0 amide bonds. The second-order valence-electron chi connectivity index (χ2n) is 3.63. The molecule has 0 unspecified atom stereocenters. The Kier molecular flexibility index (Phi) is 4.08. The van der Waals surface area contributed by atoms with Crippen LogP contribution in [0.5, 0.6) is 0 Å². The van der Waals surface area contributed by atoms with E-state index in [2.05, 4.69) is 27.9 Å². The van der Waals surface area contributed by atoms with Crippen LogP contribution in [-0.2, 0) is 0 Å². The first-order valence-electron chi connectivity index (χ1n) is 5.12. The summed E-state index contributed by atoms with van der Waals surface area (Å²) in [5.74, 6) is -0.928. The maximum atomic E-state index is 10.7. The van der Waals surface area contributed by atoms with Crippen molar-refractivity contribution in [2.24, 2.45) is 0 Å². The molecule has 0 aliphatic carbocycles. The lowest BCUT2D eigenvalue weighted by atomic mass is 10.2. The third-order valence-electron chi connectivity index (χ3n) is 2.34. The van der Waals surface area contributed by atoms with E-state index in [1.807, 2.05) is 12.1 Å². The van der Waals surface area contributed by atoms with Crippen molar-refractivity contribution in [3.8, 4) is 0 Å². The van der Waals surface area contributed by atoms with Crippen LogP contribution in [0.25, 0.3) is 0 Å². The molecule has 0 aliphatic heterocycles. The smallest absolute Gasteiger partial charge is 0.335 e. The third kappa shape index (κ3) is 3.14. The first-order chi connectivity index (χ1) is 8.56. The number of nitrogens with one attached hydrogen (secondary N) is 1. The van der Waals surface area contributed by atoms with Gasteiger partial charge in [0, 0.05) is 14.3 Å². The van der Waals surface area contributed by atoms with Crippen molar-refractivity contribution in [1.29, 1.82) is 0 Å². The van der Waals surface area contributed by atoms with Gasteiger partial charge in [0.05, 0.1) is 11.3 Å². The first-order valence-corrected chi connectivity index (χ1v) is 6.57. The quantitative estimate of drug-likeness (QED) is 0.785. The van der Waals surface area contributed by atoms with E-state index in [-0.39, 0.29) is 5.56 Å². The van der Waals surface area contributed by atoms with Gasteiger partial charge in [-0.3, -0.25) is 0 Å². The van der Waals surface area contributed by atoms with Gasteiger partial charge in [-0.25, -0.2) is 4.79 Å². The highest BCUT2D eigenvalue weighted by Gasteiger charge is 2.04. The minimum atomic E-state index is -0.928. The molecule has 92 valence electrons. The lowest BCUT2D eigenvalue weighted by Crippen LogP contribution is -1.97. The summed E-state index contributed by atoms with van der Waals surface area (Å²) >= 11 is 8.07. The monoisotopic (exact) mass is 373 g/mol. The van der Waals surface area contributed by atoms with Gasteiger partial charge in [-0.2, -0.15) is 0 Å². The zero-order chi connectivity index (χ0) is 13.1. The number of carboxylic acids is 1. The Morgan fingerprint density at radius 2 is 1.83 bits per heavy atom. The number of hydrogen-bond donors (Lipinski definition) is 2. The Bertz CT molecular complexity index is 584. The van der Waals surface area contributed by atoms with E-state index in [0.717, 1.165) is 14.9 Å². The van der Waals surface area contributed by atoms with Gasteiger partial charge in [0.25, 0.3) is 0 Å². The van der Waals surface area contributed by atoms with Crippen molar-refractivity contribution in [3.05, 3.63) is 56.6 Å². The molecular formula is C13H9ClINO2. The average molecular weight is 374 g/mol. The highest BCUT2D eigenvalue weighted by atomic mass is 127. The van der Waals surface area contributed by atoms with E-state index in [9.17, 15) is 4.79 Å². The van der Waals surface area contributed by atoms with Crippen molar-refractivity contribution >= 4 is 51.5 Å². The summed E-state index contributed by atoms with van der Waals surface area (Å²) in [6, 6.07) is 12.1. The van der Waals surface area contributed by atoms with Gasteiger partial charge in [-0.1, -0.05) is 11.6 Å². The Hall–Kier alpha value is -1.27. The number of carboxylic acid groups (broad SMARTS) is 1. The van der Waals surface area contributed by atoms with Crippen LogP contribution in [0.15, 0.2) is 42.5 Å². The molecule has 0 aromatic heterocycles. The van der Waals surface area contributed by atoms with Gasteiger partial charge in [0.2, 0.25) is 0 Å². The van der Waals surface area contributed by atoms with Crippen LogP contribution >= 0.6 is 34.2 Å². The molecule has 2 aromatic carbocycles. The molecule has 0 aliphatic rings. The van der Waals surface area contributed by atoms with E-state index in [4.69, 9.17) is 16.7 Å². The van der Waals surface area contributed by atoms with Crippen LogP contribution in [0, 0.1) is 3.57 Å². The SMILES string of the molecule is O=C(O)c1ccc(Nc2ccc(Cl)cc2I)cc1. The van der Waals surface area contributed by atoms with Gasteiger partial charge in [-0.05, 0) is 65.1 Å². The highest BCUT2D eigenvalue weighted by molar-refractivity contribution is 14.1. The molecule has 0 spiro atoms. The molecule has 3 nitrogen and oxygen atoms in total. The summed E-state index contributed by atoms with van der Waals surface area (Å²) in [7, 11) is 0. The van der Waals surface area contributed by atoms with E-state index in [1.165, 1.54) is 0 Å². The predicted molar refractivity (Wildman–Crippen MR) is 80.9 cm³/mol.